The quantitative estimate of drug-likeness (QED) is 0.146. The number of rotatable bonds is 23. The van der Waals surface area contributed by atoms with Gasteiger partial charge < -0.3 is 4.74 Å². The van der Waals surface area contributed by atoms with Crippen LogP contribution in [0.3, 0.4) is 0 Å². The Labute approximate surface area is 217 Å². The second kappa shape index (κ2) is 22.5. The van der Waals surface area contributed by atoms with Gasteiger partial charge in [0.25, 0.3) is 0 Å². The summed E-state index contributed by atoms with van der Waals surface area (Å²) in [5, 5.41) is 18.9. The molecule has 35 heavy (non-hydrogen) atoms. The highest BCUT2D eigenvalue weighted by Gasteiger charge is 2.11. The summed E-state index contributed by atoms with van der Waals surface area (Å²) < 4.78 is 6.13. The molecule has 0 heterocycles. The van der Waals surface area contributed by atoms with E-state index >= 15 is 0 Å². The van der Waals surface area contributed by atoms with Crippen LogP contribution in [0.4, 0.5) is 0 Å². The van der Waals surface area contributed by atoms with Gasteiger partial charge in [-0.25, -0.2) is 0 Å². The van der Waals surface area contributed by atoms with Crippen molar-refractivity contribution in [1.82, 2.24) is 0 Å². The maximum absolute atomic E-state index is 9.45. The number of hydrogen-bond acceptors (Lipinski definition) is 3. The van der Waals surface area contributed by atoms with Gasteiger partial charge in [-0.3, -0.25) is 0 Å². The number of benzene rings is 1. The zero-order chi connectivity index (χ0) is 25.4. The van der Waals surface area contributed by atoms with Crippen LogP contribution in [0.25, 0.3) is 0 Å². The van der Waals surface area contributed by atoms with Crippen LogP contribution in [0, 0.1) is 22.7 Å². The minimum absolute atomic E-state index is 0.428. The SMILES string of the molecule is CCCCCCCCCCCCOc1cc(C#N)c(C#N)cc1CCCCCCCCCCCC. The van der Waals surface area contributed by atoms with Crippen LogP contribution in [0.15, 0.2) is 12.1 Å². The van der Waals surface area contributed by atoms with Gasteiger partial charge in [-0.15, -0.1) is 0 Å². The van der Waals surface area contributed by atoms with Crippen molar-refractivity contribution < 1.29 is 4.74 Å². The Balaban J connectivity index is 2.33. The van der Waals surface area contributed by atoms with Crippen LogP contribution in [0.2, 0.25) is 0 Å². The van der Waals surface area contributed by atoms with E-state index in [0.29, 0.717) is 17.7 Å². The molecule has 0 unspecified atom stereocenters. The average Bonchev–Trinajstić information content (AvgIpc) is 2.88. The number of unbranched alkanes of at least 4 members (excludes halogenated alkanes) is 18. The summed E-state index contributed by atoms with van der Waals surface area (Å²) in [5.74, 6) is 0.812. The van der Waals surface area contributed by atoms with Crippen molar-refractivity contribution in [2.45, 2.75) is 149 Å². The van der Waals surface area contributed by atoms with Crippen LogP contribution >= 0.6 is 0 Å². The summed E-state index contributed by atoms with van der Waals surface area (Å²) in [4.78, 5) is 0. The average molecular weight is 481 g/mol. The lowest BCUT2D eigenvalue weighted by molar-refractivity contribution is 0.301. The molecule has 3 nitrogen and oxygen atoms in total. The van der Waals surface area contributed by atoms with E-state index in [-0.39, 0.29) is 0 Å². The Morgan fingerprint density at radius 2 is 0.943 bits per heavy atom. The minimum Gasteiger partial charge on any atom is -0.493 e. The van der Waals surface area contributed by atoms with Crippen molar-refractivity contribution in [3.8, 4) is 17.9 Å². The summed E-state index contributed by atoms with van der Waals surface area (Å²) in [5.41, 5.74) is 1.99. The van der Waals surface area contributed by atoms with Crippen LogP contribution in [0.1, 0.15) is 159 Å². The van der Waals surface area contributed by atoms with Gasteiger partial charge in [0.15, 0.2) is 0 Å². The number of ether oxygens (including phenoxy) is 1. The van der Waals surface area contributed by atoms with E-state index in [1.54, 1.807) is 6.07 Å². The fourth-order valence-corrected chi connectivity index (χ4v) is 4.71. The molecule has 0 spiro atoms. The lowest BCUT2D eigenvalue weighted by Crippen LogP contribution is -2.02. The Bertz CT molecular complexity index is 728. The van der Waals surface area contributed by atoms with Gasteiger partial charge in [-0.1, -0.05) is 129 Å². The number of aryl methyl sites for hydroxylation is 1. The normalized spacial score (nSPS) is 10.7. The summed E-state index contributed by atoms with van der Waals surface area (Å²) >= 11 is 0. The molecule has 0 aliphatic carbocycles. The summed E-state index contributed by atoms with van der Waals surface area (Å²) in [6, 6.07) is 8.03. The van der Waals surface area contributed by atoms with Crippen molar-refractivity contribution in [2.24, 2.45) is 0 Å². The molecule has 196 valence electrons. The lowest BCUT2D eigenvalue weighted by atomic mass is 9.99. The number of nitriles is 2. The molecule has 0 N–H and O–H groups in total. The molecular weight excluding hydrogens is 428 g/mol. The molecule has 1 rings (SSSR count). The van der Waals surface area contributed by atoms with E-state index in [2.05, 4.69) is 26.0 Å². The molecule has 0 aliphatic heterocycles. The highest BCUT2D eigenvalue weighted by Crippen LogP contribution is 2.26. The third-order valence-corrected chi connectivity index (χ3v) is 7.00. The van der Waals surface area contributed by atoms with Crippen molar-refractivity contribution in [1.29, 1.82) is 10.5 Å². The Morgan fingerprint density at radius 1 is 0.543 bits per heavy atom. The lowest BCUT2D eigenvalue weighted by Gasteiger charge is -2.13. The summed E-state index contributed by atoms with van der Waals surface area (Å²) in [6.07, 6.45) is 27.1. The Kier molecular flexibility index (Phi) is 19.9. The fraction of sp³-hybridized carbons (Fsp3) is 0.750. The second-order valence-electron chi connectivity index (χ2n) is 10.2. The van der Waals surface area contributed by atoms with Gasteiger partial charge in [-0.2, -0.15) is 10.5 Å². The molecule has 0 saturated carbocycles. The maximum Gasteiger partial charge on any atom is 0.123 e. The molecule has 3 heteroatoms. The summed E-state index contributed by atoms with van der Waals surface area (Å²) in [6.45, 7) is 5.22. The molecule has 0 atom stereocenters. The van der Waals surface area contributed by atoms with Crippen LogP contribution < -0.4 is 4.74 Å². The van der Waals surface area contributed by atoms with E-state index in [9.17, 15) is 10.5 Å². The van der Waals surface area contributed by atoms with Crippen molar-refractivity contribution >= 4 is 0 Å². The monoisotopic (exact) mass is 480 g/mol. The van der Waals surface area contributed by atoms with Gasteiger partial charge in [0.05, 0.1) is 17.7 Å². The maximum atomic E-state index is 9.45. The van der Waals surface area contributed by atoms with E-state index in [0.717, 1.165) is 30.6 Å². The second-order valence-corrected chi connectivity index (χ2v) is 10.2. The molecular formula is C32H52N2O. The Morgan fingerprint density at radius 3 is 1.40 bits per heavy atom. The standard InChI is InChI=1S/C32H52N2O/c1-3-5-7-9-11-13-15-17-19-21-23-29-25-30(27-33)31(28-34)26-32(29)35-24-22-20-18-16-14-12-10-8-6-4-2/h25-26H,3-24H2,1-2H3. The van der Waals surface area contributed by atoms with Gasteiger partial charge in [0.2, 0.25) is 0 Å². The molecule has 0 aromatic heterocycles. The third kappa shape index (κ3) is 15.6. The Hall–Kier alpha value is -2.00. The van der Waals surface area contributed by atoms with Crippen molar-refractivity contribution in [3.63, 3.8) is 0 Å². The van der Waals surface area contributed by atoms with Crippen molar-refractivity contribution in [2.75, 3.05) is 6.61 Å². The molecule has 0 amide bonds. The number of hydrogen-bond donors (Lipinski definition) is 0. The third-order valence-electron chi connectivity index (χ3n) is 7.00. The van der Waals surface area contributed by atoms with Gasteiger partial charge >= 0.3 is 0 Å². The first-order valence-corrected chi connectivity index (χ1v) is 14.9. The van der Waals surface area contributed by atoms with Gasteiger partial charge in [0, 0.05) is 0 Å². The molecule has 1 aromatic rings. The van der Waals surface area contributed by atoms with Crippen LogP contribution in [0.5, 0.6) is 5.75 Å². The zero-order valence-corrected chi connectivity index (χ0v) is 23.0. The molecule has 0 radical (unpaired) electrons. The molecule has 1 aromatic carbocycles. The predicted octanol–water partition coefficient (Wildman–Crippen LogP) is 10.2. The smallest absolute Gasteiger partial charge is 0.123 e. The van der Waals surface area contributed by atoms with Crippen molar-refractivity contribution in [3.05, 3.63) is 28.8 Å². The highest BCUT2D eigenvalue weighted by molar-refractivity contribution is 5.53. The molecule has 0 bridgehead atoms. The largest absolute Gasteiger partial charge is 0.493 e. The van der Waals surface area contributed by atoms with E-state index < -0.39 is 0 Å². The van der Waals surface area contributed by atoms with E-state index in [4.69, 9.17) is 4.74 Å². The molecule has 0 aliphatic rings. The minimum atomic E-state index is 0.428. The number of nitrogens with zero attached hydrogens (tertiary/aromatic N) is 2. The molecule has 0 fully saturated rings. The van der Waals surface area contributed by atoms with E-state index in [1.165, 1.54) is 116 Å². The highest BCUT2D eigenvalue weighted by atomic mass is 16.5. The first-order chi connectivity index (χ1) is 17.3. The predicted molar refractivity (Wildman–Crippen MR) is 149 cm³/mol. The zero-order valence-electron chi connectivity index (χ0n) is 23.0. The first-order valence-electron chi connectivity index (χ1n) is 14.9. The van der Waals surface area contributed by atoms with Gasteiger partial charge in [-0.05, 0) is 37.0 Å². The van der Waals surface area contributed by atoms with Gasteiger partial charge in [0.1, 0.15) is 17.9 Å². The fourth-order valence-electron chi connectivity index (χ4n) is 4.71. The van der Waals surface area contributed by atoms with Crippen LogP contribution in [-0.4, -0.2) is 6.61 Å². The van der Waals surface area contributed by atoms with E-state index in [1.807, 2.05) is 6.07 Å². The topological polar surface area (TPSA) is 56.8 Å². The molecule has 0 saturated heterocycles. The first kappa shape index (κ1) is 31.0. The van der Waals surface area contributed by atoms with Crippen LogP contribution in [-0.2, 0) is 6.42 Å². The summed E-state index contributed by atoms with van der Waals surface area (Å²) in [7, 11) is 0.